The minimum atomic E-state index is -0.203. The van der Waals surface area contributed by atoms with Gasteiger partial charge in [0.05, 0.1) is 5.60 Å². The molecule has 0 aliphatic heterocycles. The molecule has 1 heterocycles. The molecule has 0 saturated carbocycles. The van der Waals surface area contributed by atoms with Gasteiger partial charge in [0.1, 0.15) is 5.82 Å². The number of hydrogen-bond donors (Lipinski definition) is 1. The topological polar surface area (TPSA) is 35.2 Å². The Morgan fingerprint density at radius 1 is 1.37 bits per heavy atom. The molecular formula is C15H20FNOS. The van der Waals surface area contributed by atoms with E-state index in [1.54, 1.807) is 24.5 Å². The summed E-state index contributed by atoms with van der Waals surface area (Å²) in [5.41, 5.74) is 6.07. The maximum Gasteiger partial charge on any atom is 0.123 e. The first-order valence-electron chi connectivity index (χ1n) is 6.41. The minimum absolute atomic E-state index is 0.0186. The van der Waals surface area contributed by atoms with Gasteiger partial charge < -0.3 is 10.5 Å². The van der Waals surface area contributed by atoms with Crippen molar-refractivity contribution in [3.05, 3.63) is 35.0 Å². The van der Waals surface area contributed by atoms with Crippen LogP contribution in [0.2, 0.25) is 0 Å². The number of benzene rings is 1. The first-order valence-corrected chi connectivity index (χ1v) is 7.23. The van der Waals surface area contributed by atoms with Crippen LogP contribution >= 0.6 is 11.3 Å². The first kappa shape index (κ1) is 14.4. The van der Waals surface area contributed by atoms with Crippen LogP contribution in [0.1, 0.15) is 37.6 Å². The molecule has 2 rings (SSSR count). The average molecular weight is 281 g/mol. The highest BCUT2D eigenvalue weighted by Crippen LogP contribution is 2.32. The summed E-state index contributed by atoms with van der Waals surface area (Å²) in [6.07, 6.45) is 1.75. The van der Waals surface area contributed by atoms with Crippen LogP contribution in [0.5, 0.6) is 0 Å². The van der Waals surface area contributed by atoms with Gasteiger partial charge in [-0.05, 0) is 56.3 Å². The van der Waals surface area contributed by atoms with Crippen molar-refractivity contribution in [3.63, 3.8) is 0 Å². The van der Waals surface area contributed by atoms with Gasteiger partial charge in [0.2, 0.25) is 0 Å². The quantitative estimate of drug-likeness (QED) is 0.889. The lowest BCUT2D eigenvalue weighted by molar-refractivity contribution is 0.0125. The second kappa shape index (κ2) is 5.57. The van der Waals surface area contributed by atoms with Crippen molar-refractivity contribution in [2.75, 3.05) is 7.11 Å². The largest absolute Gasteiger partial charge is 0.379 e. The highest BCUT2D eigenvalue weighted by Gasteiger charge is 2.19. The van der Waals surface area contributed by atoms with Crippen molar-refractivity contribution >= 4 is 21.4 Å². The number of thiophene rings is 1. The fraction of sp³-hybridized carbons (Fsp3) is 0.467. The summed E-state index contributed by atoms with van der Waals surface area (Å²) < 4.78 is 19.6. The van der Waals surface area contributed by atoms with Gasteiger partial charge in [0, 0.05) is 22.7 Å². The molecule has 1 aromatic heterocycles. The van der Waals surface area contributed by atoms with E-state index in [-0.39, 0.29) is 17.5 Å². The Labute approximate surface area is 117 Å². The molecule has 1 atom stereocenters. The molecule has 104 valence electrons. The van der Waals surface area contributed by atoms with Crippen molar-refractivity contribution in [3.8, 4) is 0 Å². The number of fused-ring (bicyclic) bond motifs is 1. The standard InChI is InChI=1S/C15H20FNOS/c1-15(2,18-3)7-6-12(17)14-9-10-8-11(16)4-5-13(10)19-14/h4-5,8-9,12H,6-7,17H2,1-3H3. The molecule has 4 heteroatoms. The Morgan fingerprint density at radius 2 is 2.11 bits per heavy atom. The van der Waals surface area contributed by atoms with Gasteiger partial charge in [-0.3, -0.25) is 0 Å². The van der Waals surface area contributed by atoms with Crippen LogP contribution in [0.15, 0.2) is 24.3 Å². The molecule has 0 spiro atoms. The van der Waals surface area contributed by atoms with Crippen molar-refractivity contribution in [1.29, 1.82) is 0 Å². The third-order valence-corrected chi connectivity index (χ3v) is 4.72. The van der Waals surface area contributed by atoms with E-state index in [0.717, 1.165) is 27.8 Å². The molecule has 1 unspecified atom stereocenters. The molecule has 0 amide bonds. The number of hydrogen-bond acceptors (Lipinski definition) is 3. The number of ether oxygens (including phenoxy) is 1. The molecule has 19 heavy (non-hydrogen) atoms. The summed E-state index contributed by atoms with van der Waals surface area (Å²) in [5, 5.41) is 0.932. The fourth-order valence-electron chi connectivity index (χ4n) is 1.96. The maximum atomic E-state index is 13.2. The van der Waals surface area contributed by atoms with Crippen molar-refractivity contribution in [2.24, 2.45) is 5.73 Å². The molecule has 2 N–H and O–H groups in total. The lowest BCUT2D eigenvalue weighted by Gasteiger charge is -2.24. The Balaban J connectivity index is 2.11. The summed E-state index contributed by atoms with van der Waals surface area (Å²) in [4.78, 5) is 1.10. The molecule has 2 nitrogen and oxygen atoms in total. The summed E-state index contributed by atoms with van der Waals surface area (Å²) in [5.74, 6) is -0.203. The Morgan fingerprint density at radius 3 is 2.79 bits per heavy atom. The second-order valence-electron chi connectivity index (χ2n) is 5.44. The molecule has 2 aromatic rings. The smallest absolute Gasteiger partial charge is 0.123 e. The van der Waals surface area contributed by atoms with E-state index in [2.05, 4.69) is 13.8 Å². The van der Waals surface area contributed by atoms with E-state index < -0.39 is 0 Å². The first-order chi connectivity index (χ1) is 8.91. The van der Waals surface area contributed by atoms with Crippen LogP contribution in [0.3, 0.4) is 0 Å². The Kier molecular flexibility index (Phi) is 4.23. The molecule has 0 bridgehead atoms. The number of nitrogens with two attached hydrogens (primary N) is 1. The maximum absolute atomic E-state index is 13.2. The number of methoxy groups -OCH3 is 1. The van der Waals surface area contributed by atoms with Gasteiger partial charge in [-0.25, -0.2) is 4.39 Å². The van der Waals surface area contributed by atoms with E-state index in [0.29, 0.717) is 0 Å². The van der Waals surface area contributed by atoms with E-state index in [1.807, 2.05) is 12.1 Å². The van der Waals surface area contributed by atoms with Gasteiger partial charge in [-0.15, -0.1) is 11.3 Å². The predicted molar refractivity (Wildman–Crippen MR) is 79.0 cm³/mol. The third kappa shape index (κ3) is 3.53. The monoisotopic (exact) mass is 281 g/mol. The summed E-state index contributed by atoms with van der Waals surface area (Å²) in [7, 11) is 1.72. The molecular weight excluding hydrogens is 261 g/mol. The SMILES string of the molecule is COC(C)(C)CCC(N)c1cc2cc(F)ccc2s1. The van der Waals surface area contributed by atoms with Gasteiger partial charge >= 0.3 is 0 Å². The minimum Gasteiger partial charge on any atom is -0.379 e. The average Bonchev–Trinajstić information content (AvgIpc) is 2.79. The fourth-order valence-corrected chi connectivity index (χ4v) is 3.05. The molecule has 0 aliphatic rings. The van der Waals surface area contributed by atoms with Gasteiger partial charge in [-0.2, -0.15) is 0 Å². The second-order valence-corrected chi connectivity index (χ2v) is 6.56. The lowest BCUT2D eigenvalue weighted by atomic mass is 9.98. The lowest BCUT2D eigenvalue weighted by Crippen LogP contribution is -2.24. The van der Waals surface area contributed by atoms with Crippen LogP contribution in [0.25, 0.3) is 10.1 Å². The van der Waals surface area contributed by atoms with Gasteiger partial charge in [0.15, 0.2) is 0 Å². The Hall–Kier alpha value is -0.970. The zero-order valence-corrected chi connectivity index (χ0v) is 12.4. The van der Waals surface area contributed by atoms with E-state index in [4.69, 9.17) is 10.5 Å². The van der Waals surface area contributed by atoms with Crippen molar-refractivity contribution in [1.82, 2.24) is 0 Å². The molecule has 0 fully saturated rings. The zero-order chi connectivity index (χ0) is 14.0. The van der Waals surface area contributed by atoms with Crippen LogP contribution in [-0.2, 0) is 4.74 Å². The highest BCUT2D eigenvalue weighted by molar-refractivity contribution is 7.19. The molecule has 0 saturated heterocycles. The van der Waals surface area contributed by atoms with E-state index >= 15 is 0 Å². The number of rotatable bonds is 5. The van der Waals surface area contributed by atoms with Gasteiger partial charge in [0.25, 0.3) is 0 Å². The number of halogens is 1. The van der Waals surface area contributed by atoms with Crippen molar-refractivity contribution in [2.45, 2.75) is 38.3 Å². The molecule has 0 radical (unpaired) electrons. The normalized spacial score (nSPS) is 13.9. The van der Waals surface area contributed by atoms with Crippen LogP contribution in [0, 0.1) is 5.82 Å². The van der Waals surface area contributed by atoms with E-state index in [1.165, 1.54) is 6.07 Å². The molecule has 0 aliphatic carbocycles. The van der Waals surface area contributed by atoms with Crippen LogP contribution < -0.4 is 5.73 Å². The van der Waals surface area contributed by atoms with Crippen molar-refractivity contribution < 1.29 is 9.13 Å². The van der Waals surface area contributed by atoms with E-state index in [9.17, 15) is 4.39 Å². The molecule has 1 aromatic carbocycles. The predicted octanol–water partition coefficient (Wildman–Crippen LogP) is 4.25. The van der Waals surface area contributed by atoms with Gasteiger partial charge in [-0.1, -0.05) is 0 Å². The summed E-state index contributed by atoms with van der Waals surface area (Å²) in [6, 6.07) is 6.83. The highest BCUT2D eigenvalue weighted by atomic mass is 32.1. The van der Waals surface area contributed by atoms with Crippen LogP contribution in [0.4, 0.5) is 4.39 Å². The summed E-state index contributed by atoms with van der Waals surface area (Å²) in [6.45, 7) is 4.11. The third-order valence-electron chi connectivity index (χ3n) is 3.47. The Bertz CT molecular complexity index is 564. The summed E-state index contributed by atoms with van der Waals surface area (Å²) >= 11 is 1.64. The van der Waals surface area contributed by atoms with Crippen LogP contribution in [-0.4, -0.2) is 12.7 Å². The zero-order valence-electron chi connectivity index (χ0n) is 11.6.